The van der Waals surface area contributed by atoms with E-state index >= 15 is 0 Å². The average Bonchev–Trinajstić information content (AvgIpc) is 3.21. The SMILES string of the molecule is CC1CCC(N(CC(=O)O)C2CC2)c2ccccc21. The molecule has 1 aromatic carbocycles. The summed E-state index contributed by atoms with van der Waals surface area (Å²) < 4.78 is 0. The molecule has 3 heteroatoms. The zero-order chi connectivity index (χ0) is 13.4. The first-order chi connectivity index (χ1) is 9.16. The van der Waals surface area contributed by atoms with Gasteiger partial charge in [-0.25, -0.2) is 0 Å². The highest BCUT2D eigenvalue weighted by Crippen LogP contribution is 2.43. The number of carboxylic acid groups (broad SMARTS) is 1. The van der Waals surface area contributed by atoms with Crippen molar-refractivity contribution in [1.29, 1.82) is 0 Å². The quantitative estimate of drug-likeness (QED) is 0.903. The fourth-order valence-corrected chi connectivity index (χ4v) is 3.38. The van der Waals surface area contributed by atoms with Crippen LogP contribution in [0.1, 0.15) is 55.7 Å². The van der Waals surface area contributed by atoms with Crippen LogP contribution in [0.25, 0.3) is 0 Å². The maximum atomic E-state index is 11.1. The molecule has 0 heterocycles. The smallest absolute Gasteiger partial charge is 0.317 e. The number of carboxylic acids is 1. The number of aliphatic carboxylic acids is 1. The van der Waals surface area contributed by atoms with E-state index in [4.69, 9.17) is 5.11 Å². The minimum absolute atomic E-state index is 0.179. The molecular formula is C16H21NO2. The van der Waals surface area contributed by atoms with Crippen molar-refractivity contribution >= 4 is 5.97 Å². The summed E-state index contributed by atoms with van der Waals surface area (Å²) in [5.41, 5.74) is 2.77. The molecule has 1 fully saturated rings. The van der Waals surface area contributed by atoms with Gasteiger partial charge in [0.05, 0.1) is 6.54 Å². The number of nitrogens with zero attached hydrogens (tertiary/aromatic N) is 1. The van der Waals surface area contributed by atoms with Gasteiger partial charge >= 0.3 is 5.97 Å². The summed E-state index contributed by atoms with van der Waals surface area (Å²) >= 11 is 0. The molecule has 3 nitrogen and oxygen atoms in total. The second kappa shape index (κ2) is 4.97. The van der Waals surface area contributed by atoms with Gasteiger partial charge in [-0.2, -0.15) is 0 Å². The Morgan fingerprint density at radius 1 is 1.21 bits per heavy atom. The second-order valence-electron chi connectivity index (χ2n) is 5.92. The molecular weight excluding hydrogens is 238 g/mol. The van der Waals surface area contributed by atoms with Crippen LogP contribution in [0, 0.1) is 0 Å². The molecule has 2 aliphatic carbocycles. The van der Waals surface area contributed by atoms with Gasteiger partial charge in [-0.05, 0) is 42.7 Å². The Balaban J connectivity index is 1.91. The summed E-state index contributed by atoms with van der Waals surface area (Å²) in [6, 6.07) is 9.36. The van der Waals surface area contributed by atoms with Gasteiger partial charge in [0, 0.05) is 12.1 Å². The highest BCUT2D eigenvalue weighted by atomic mass is 16.4. The van der Waals surface area contributed by atoms with Crippen LogP contribution in [-0.2, 0) is 4.79 Å². The zero-order valence-corrected chi connectivity index (χ0v) is 11.4. The Hall–Kier alpha value is -1.35. The lowest BCUT2D eigenvalue weighted by atomic mass is 9.80. The summed E-state index contributed by atoms with van der Waals surface area (Å²) in [6.07, 6.45) is 4.55. The summed E-state index contributed by atoms with van der Waals surface area (Å²) in [4.78, 5) is 13.3. The van der Waals surface area contributed by atoms with Gasteiger partial charge in [-0.3, -0.25) is 9.69 Å². The normalized spacial score (nSPS) is 26.2. The van der Waals surface area contributed by atoms with Gasteiger partial charge in [0.25, 0.3) is 0 Å². The average molecular weight is 259 g/mol. The Morgan fingerprint density at radius 2 is 1.89 bits per heavy atom. The van der Waals surface area contributed by atoms with Crippen molar-refractivity contribution in [2.45, 2.75) is 50.6 Å². The molecule has 19 heavy (non-hydrogen) atoms. The molecule has 1 aromatic rings. The Kier molecular flexibility index (Phi) is 3.31. The van der Waals surface area contributed by atoms with Crippen LogP contribution in [0.15, 0.2) is 24.3 Å². The van der Waals surface area contributed by atoms with Crippen LogP contribution in [0.4, 0.5) is 0 Å². The lowest BCUT2D eigenvalue weighted by Crippen LogP contribution is -2.37. The first-order valence-corrected chi connectivity index (χ1v) is 7.23. The van der Waals surface area contributed by atoms with E-state index < -0.39 is 5.97 Å². The van der Waals surface area contributed by atoms with Crippen molar-refractivity contribution in [1.82, 2.24) is 4.90 Å². The van der Waals surface area contributed by atoms with Gasteiger partial charge in [0.15, 0.2) is 0 Å². The van der Waals surface area contributed by atoms with E-state index in [0.717, 1.165) is 25.7 Å². The maximum Gasteiger partial charge on any atom is 0.317 e. The number of benzene rings is 1. The van der Waals surface area contributed by atoms with E-state index in [-0.39, 0.29) is 6.54 Å². The molecule has 1 N–H and O–H groups in total. The molecule has 1 saturated carbocycles. The zero-order valence-electron chi connectivity index (χ0n) is 11.4. The van der Waals surface area contributed by atoms with Crippen molar-refractivity contribution in [3.05, 3.63) is 35.4 Å². The van der Waals surface area contributed by atoms with Crippen LogP contribution < -0.4 is 0 Å². The fraction of sp³-hybridized carbons (Fsp3) is 0.562. The van der Waals surface area contributed by atoms with Gasteiger partial charge in [-0.15, -0.1) is 0 Å². The van der Waals surface area contributed by atoms with Crippen LogP contribution in [-0.4, -0.2) is 28.6 Å². The Bertz CT molecular complexity index is 481. The Morgan fingerprint density at radius 3 is 2.53 bits per heavy atom. The predicted molar refractivity (Wildman–Crippen MR) is 74.2 cm³/mol. The molecule has 0 spiro atoms. The molecule has 0 bridgehead atoms. The predicted octanol–water partition coefficient (Wildman–Crippen LogP) is 3.17. The highest BCUT2D eigenvalue weighted by molar-refractivity contribution is 5.69. The number of carbonyl (C=O) groups is 1. The molecule has 0 saturated heterocycles. The number of rotatable bonds is 4. The molecule has 2 aliphatic rings. The Labute approximate surface area is 114 Å². The molecule has 2 atom stereocenters. The van der Waals surface area contributed by atoms with Gasteiger partial charge in [0.2, 0.25) is 0 Å². The fourth-order valence-electron chi connectivity index (χ4n) is 3.38. The minimum Gasteiger partial charge on any atom is -0.480 e. The minimum atomic E-state index is -0.706. The first kappa shape index (κ1) is 12.7. The molecule has 0 aromatic heterocycles. The number of fused-ring (bicyclic) bond motifs is 1. The summed E-state index contributed by atoms with van der Waals surface area (Å²) in [7, 11) is 0. The van der Waals surface area contributed by atoms with Crippen molar-refractivity contribution in [2.24, 2.45) is 0 Å². The van der Waals surface area contributed by atoms with Crippen LogP contribution in [0.3, 0.4) is 0 Å². The van der Waals surface area contributed by atoms with Crippen molar-refractivity contribution in [2.75, 3.05) is 6.54 Å². The van der Waals surface area contributed by atoms with E-state index in [1.807, 2.05) is 0 Å². The summed E-state index contributed by atoms with van der Waals surface area (Å²) in [5, 5.41) is 9.15. The molecule has 0 aliphatic heterocycles. The third kappa shape index (κ3) is 2.52. The molecule has 0 radical (unpaired) electrons. The molecule has 0 amide bonds. The van der Waals surface area contributed by atoms with E-state index in [1.54, 1.807) is 0 Å². The van der Waals surface area contributed by atoms with E-state index in [9.17, 15) is 4.79 Å². The maximum absolute atomic E-state index is 11.1. The number of hydrogen-bond acceptors (Lipinski definition) is 2. The van der Waals surface area contributed by atoms with Crippen molar-refractivity contribution in [3.8, 4) is 0 Å². The third-order valence-electron chi connectivity index (χ3n) is 4.49. The lowest BCUT2D eigenvalue weighted by Gasteiger charge is -2.37. The van der Waals surface area contributed by atoms with Crippen molar-refractivity contribution < 1.29 is 9.90 Å². The van der Waals surface area contributed by atoms with E-state index in [1.165, 1.54) is 11.1 Å². The largest absolute Gasteiger partial charge is 0.480 e. The van der Waals surface area contributed by atoms with Crippen LogP contribution in [0.2, 0.25) is 0 Å². The van der Waals surface area contributed by atoms with E-state index in [0.29, 0.717) is 18.0 Å². The van der Waals surface area contributed by atoms with Crippen LogP contribution >= 0.6 is 0 Å². The van der Waals surface area contributed by atoms with Gasteiger partial charge < -0.3 is 5.11 Å². The summed E-state index contributed by atoms with van der Waals surface area (Å²) in [6.45, 7) is 2.45. The number of hydrogen-bond donors (Lipinski definition) is 1. The van der Waals surface area contributed by atoms with Gasteiger partial charge in [0.1, 0.15) is 0 Å². The van der Waals surface area contributed by atoms with E-state index in [2.05, 4.69) is 36.1 Å². The van der Waals surface area contributed by atoms with Crippen molar-refractivity contribution in [3.63, 3.8) is 0 Å². The van der Waals surface area contributed by atoms with Crippen LogP contribution in [0.5, 0.6) is 0 Å². The standard InChI is InChI=1S/C16H21NO2/c1-11-6-9-15(14-5-3-2-4-13(11)14)17(10-16(18)19)12-7-8-12/h2-5,11-12,15H,6-10H2,1H3,(H,18,19). The molecule has 2 unspecified atom stereocenters. The first-order valence-electron chi connectivity index (χ1n) is 7.23. The monoisotopic (exact) mass is 259 g/mol. The molecule has 3 rings (SSSR count). The lowest BCUT2D eigenvalue weighted by molar-refractivity contribution is -0.139. The second-order valence-corrected chi connectivity index (χ2v) is 5.92. The van der Waals surface area contributed by atoms with Gasteiger partial charge in [-0.1, -0.05) is 31.2 Å². The summed E-state index contributed by atoms with van der Waals surface area (Å²) in [5.74, 6) is -0.110. The third-order valence-corrected chi connectivity index (χ3v) is 4.49. The topological polar surface area (TPSA) is 40.5 Å². The molecule has 102 valence electrons. The highest BCUT2D eigenvalue weighted by Gasteiger charge is 2.38.